The second kappa shape index (κ2) is 8.37. The molecule has 2 aromatic rings. The molecule has 2 atom stereocenters. The summed E-state index contributed by atoms with van der Waals surface area (Å²) < 4.78 is 14.2. The van der Waals surface area contributed by atoms with Crippen LogP contribution in [0, 0.1) is 5.82 Å². The van der Waals surface area contributed by atoms with Gasteiger partial charge in [-0.1, -0.05) is 24.3 Å². The first-order valence-corrected chi connectivity index (χ1v) is 10.4. The fourth-order valence-electron chi connectivity index (χ4n) is 4.14. The van der Waals surface area contributed by atoms with E-state index < -0.39 is 6.04 Å². The molecule has 2 heterocycles. The molecule has 0 aliphatic carbocycles. The smallest absolute Gasteiger partial charge is 0.315 e. The standard InChI is InChI=1S/C23H25FN4O3/c1-13(2)25-23(31)26-15-9-10-28-20(12-15)21(29)27-19-8-7-14(11-17(19)22(28)30)16-5-3-4-6-18(16)24/h3-8,11,13,15,20H,9-10,12H2,1-2H3,(H,27,29)(H2,25,26,31)/t15-,20-/m0/s1. The van der Waals surface area contributed by atoms with Crippen molar-refractivity contribution in [1.29, 1.82) is 0 Å². The molecule has 0 saturated carbocycles. The number of piperidine rings is 1. The summed E-state index contributed by atoms with van der Waals surface area (Å²) in [7, 11) is 0. The Bertz CT molecular complexity index is 1040. The van der Waals surface area contributed by atoms with Crippen LogP contribution in [0.5, 0.6) is 0 Å². The highest BCUT2D eigenvalue weighted by molar-refractivity contribution is 6.10. The molecule has 1 fully saturated rings. The number of hydrogen-bond donors (Lipinski definition) is 3. The number of halogens is 1. The lowest BCUT2D eigenvalue weighted by Gasteiger charge is -2.37. The largest absolute Gasteiger partial charge is 0.336 e. The zero-order valence-electron chi connectivity index (χ0n) is 17.4. The van der Waals surface area contributed by atoms with Crippen LogP contribution in [0.1, 0.15) is 37.0 Å². The number of anilines is 1. The minimum Gasteiger partial charge on any atom is -0.336 e. The van der Waals surface area contributed by atoms with Gasteiger partial charge in [-0.05, 0) is 50.5 Å². The average Bonchev–Trinajstić information content (AvgIpc) is 2.82. The van der Waals surface area contributed by atoms with Crippen molar-refractivity contribution in [2.75, 3.05) is 11.9 Å². The summed E-state index contributed by atoms with van der Waals surface area (Å²) in [4.78, 5) is 39.8. The Hall–Kier alpha value is -3.42. The number of benzene rings is 2. The monoisotopic (exact) mass is 424 g/mol. The maximum atomic E-state index is 14.2. The van der Waals surface area contributed by atoms with Gasteiger partial charge in [-0.3, -0.25) is 9.59 Å². The summed E-state index contributed by atoms with van der Waals surface area (Å²) in [5, 5.41) is 8.49. The van der Waals surface area contributed by atoms with E-state index in [1.54, 1.807) is 41.3 Å². The van der Waals surface area contributed by atoms with E-state index in [1.165, 1.54) is 6.07 Å². The van der Waals surface area contributed by atoms with Gasteiger partial charge in [0.1, 0.15) is 11.9 Å². The maximum Gasteiger partial charge on any atom is 0.315 e. The van der Waals surface area contributed by atoms with E-state index in [0.717, 1.165) is 0 Å². The molecule has 3 N–H and O–H groups in total. The molecule has 1 saturated heterocycles. The number of rotatable bonds is 3. The van der Waals surface area contributed by atoms with Crippen LogP contribution in [0.25, 0.3) is 11.1 Å². The van der Waals surface area contributed by atoms with Crippen LogP contribution < -0.4 is 16.0 Å². The lowest BCUT2D eigenvalue weighted by molar-refractivity contribution is -0.121. The summed E-state index contributed by atoms with van der Waals surface area (Å²) in [5.41, 5.74) is 1.70. The van der Waals surface area contributed by atoms with E-state index in [0.29, 0.717) is 41.8 Å². The molecule has 2 aliphatic heterocycles. The molecule has 0 radical (unpaired) electrons. The minimum atomic E-state index is -0.685. The molecule has 8 heteroatoms. The van der Waals surface area contributed by atoms with Crippen LogP contribution in [0.15, 0.2) is 42.5 Å². The number of fused-ring (bicyclic) bond motifs is 2. The van der Waals surface area contributed by atoms with Crippen molar-refractivity contribution in [3.05, 3.63) is 53.8 Å². The van der Waals surface area contributed by atoms with Crippen LogP contribution in [-0.4, -0.2) is 47.4 Å². The third-order valence-electron chi connectivity index (χ3n) is 5.61. The Labute approximate surface area is 180 Å². The van der Waals surface area contributed by atoms with Crippen molar-refractivity contribution in [2.24, 2.45) is 0 Å². The van der Waals surface area contributed by atoms with E-state index >= 15 is 0 Å². The van der Waals surface area contributed by atoms with Gasteiger partial charge >= 0.3 is 6.03 Å². The normalized spacial score (nSPS) is 20.5. The Morgan fingerprint density at radius 3 is 2.68 bits per heavy atom. The number of hydrogen-bond acceptors (Lipinski definition) is 3. The maximum absolute atomic E-state index is 14.2. The second-order valence-corrected chi connectivity index (χ2v) is 8.24. The van der Waals surface area contributed by atoms with E-state index in [4.69, 9.17) is 0 Å². The average molecular weight is 424 g/mol. The summed E-state index contributed by atoms with van der Waals surface area (Å²) in [5.74, 6) is -0.944. The van der Waals surface area contributed by atoms with Gasteiger partial charge in [0, 0.05) is 24.2 Å². The first-order chi connectivity index (χ1) is 14.8. The van der Waals surface area contributed by atoms with Gasteiger partial charge in [0.05, 0.1) is 11.3 Å². The Balaban J connectivity index is 1.58. The van der Waals surface area contributed by atoms with Crippen molar-refractivity contribution in [2.45, 2.75) is 44.8 Å². The van der Waals surface area contributed by atoms with Crippen LogP contribution in [-0.2, 0) is 4.79 Å². The third-order valence-corrected chi connectivity index (χ3v) is 5.61. The molecule has 2 aromatic carbocycles. The van der Waals surface area contributed by atoms with Crippen molar-refractivity contribution >= 4 is 23.5 Å². The summed E-state index contributed by atoms with van der Waals surface area (Å²) >= 11 is 0. The molecule has 0 spiro atoms. The molecule has 4 amide bonds. The fourth-order valence-corrected chi connectivity index (χ4v) is 4.14. The molecule has 0 bridgehead atoms. The van der Waals surface area contributed by atoms with E-state index in [1.807, 2.05) is 13.8 Å². The zero-order valence-corrected chi connectivity index (χ0v) is 17.4. The Kier molecular flexibility index (Phi) is 5.63. The number of amides is 4. The summed E-state index contributed by atoms with van der Waals surface area (Å²) in [6.07, 6.45) is 0.876. The highest BCUT2D eigenvalue weighted by Gasteiger charge is 2.40. The van der Waals surface area contributed by atoms with E-state index in [-0.39, 0.29) is 35.7 Å². The molecule has 0 unspecified atom stereocenters. The zero-order chi connectivity index (χ0) is 22.1. The first kappa shape index (κ1) is 20.8. The molecule has 2 aliphatic rings. The number of carbonyl (C=O) groups is 3. The topological polar surface area (TPSA) is 90.5 Å². The van der Waals surface area contributed by atoms with Crippen LogP contribution >= 0.6 is 0 Å². The molecular formula is C23H25FN4O3. The number of nitrogens with zero attached hydrogens (tertiary/aromatic N) is 1. The van der Waals surface area contributed by atoms with E-state index in [9.17, 15) is 18.8 Å². The summed E-state index contributed by atoms with van der Waals surface area (Å²) in [6, 6.07) is 10.1. The van der Waals surface area contributed by atoms with Crippen molar-refractivity contribution in [1.82, 2.24) is 15.5 Å². The Morgan fingerprint density at radius 2 is 1.94 bits per heavy atom. The molecule has 31 heavy (non-hydrogen) atoms. The molecule has 162 valence electrons. The van der Waals surface area contributed by atoms with Gasteiger partial charge < -0.3 is 20.9 Å². The number of carbonyl (C=O) groups excluding carboxylic acids is 3. The number of urea groups is 1. The third kappa shape index (κ3) is 4.23. The van der Waals surface area contributed by atoms with E-state index in [2.05, 4.69) is 16.0 Å². The SMILES string of the molecule is CC(C)NC(=O)N[C@H]1CCN2C(=O)c3cc(-c4ccccc4F)ccc3NC(=O)[C@@H]2C1. The van der Waals surface area contributed by atoms with Crippen LogP contribution in [0.4, 0.5) is 14.9 Å². The van der Waals surface area contributed by atoms with Crippen molar-refractivity contribution in [3.63, 3.8) is 0 Å². The molecule has 4 rings (SSSR count). The molecular weight excluding hydrogens is 399 g/mol. The number of nitrogens with one attached hydrogen (secondary N) is 3. The fraction of sp³-hybridized carbons (Fsp3) is 0.348. The second-order valence-electron chi connectivity index (χ2n) is 8.24. The van der Waals surface area contributed by atoms with Crippen LogP contribution in [0.2, 0.25) is 0 Å². The van der Waals surface area contributed by atoms with Gasteiger partial charge in [-0.2, -0.15) is 0 Å². The predicted molar refractivity (Wildman–Crippen MR) is 115 cm³/mol. The molecule has 7 nitrogen and oxygen atoms in total. The van der Waals surface area contributed by atoms with Gasteiger partial charge in [0.15, 0.2) is 0 Å². The quantitative estimate of drug-likeness (QED) is 0.707. The van der Waals surface area contributed by atoms with Gasteiger partial charge in [0.25, 0.3) is 5.91 Å². The highest BCUT2D eigenvalue weighted by atomic mass is 19.1. The van der Waals surface area contributed by atoms with Crippen LogP contribution in [0.3, 0.4) is 0 Å². The lowest BCUT2D eigenvalue weighted by atomic mass is 9.96. The van der Waals surface area contributed by atoms with Gasteiger partial charge in [-0.25, -0.2) is 9.18 Å². The minimum absolute atomic E-state index is 0.000919. The highest BCUT2D eigenvalue weighted by Crippen LogP contribution is 2.32. The van der Waals surface area contributed by atoms with Crippen molar-refractivity contribution < 1.29 is 18.8 Å². The van der Waals surface area contributed by atoms with Crippen molar-refractivity contribution in [3.8, 4) is 11.1 Å². The first-order valence-electron chi connectivity index (χ1n) is 10.4. The summed E-state index contributed by atoms with van der Waals surface area (Å²) in [6.45, 7) is 4.08. The lowest BCUT2D eigenvalue weighted by Crippen LogP contribution is -2.56. The molecule has 0 aromatic heterocycles. The van der Waals surface area contributed by atoms with Gasteiger partial charge in [0.2, 0.25) is 5.91 Å². The predicted octanol–water partition coefficient (Wildman–Crippen LogP) is 3.13. The van der Waals surface area contributed by atoms with Gasteiger partial charge in [-0.15, -0.1) is 0 Å². The Morgan fingerprint density at radius 1 is 1.16 bits per heavy atom.